The molecule has 5 rings (SSSR count). The Balaban J connectivity index is 1.70. The van der Waals surface area contributed by atoms with Crippen molar-refractivity contribution in [3.8, 4) is 11.5 Å². The number of halogens is 2. The Labute approximate surface area is 204 Å². The van der Waals surface area contributed by atoms with Crippen molar-refractivity contribution in [3.63, 3.8) is 0 Å². The summed E-state index contributed by atoms with van der Waals surface area (Å²) in [5, 5.41) is 1.11. The van der Waals surface area contributed by atoms with Crippen LogP contribution in [0, 0.1) is 6.92 Å². The van der Waals surface area contributed by atoms with Crippen molar-refractivity contribution in [3.05, 3.63) is 86.9 Å². The maximum Gasteiger partial charge on any atom is 0.303 e. The lowest BCUT2D eigenvalue weighted by molar-refractivity contribution is -0.147. The van der Waals surface area contributed by atoms with E-state index in [1.807, 2.05) is 43.3 Å². The van der Waals surface area contributed by atoms with Crippen molar-refractivity contribution >= 4 is 34.9 Å². The molecule has 2 heterocycles. The molecule has 2 aliphatic rings. The Kier molecular flexibility index (Phi) is 5.98. The van der Waals surface area contributed by atoms with Crippen LogP contribution >= 0.6 is 23.2 Å². The van der Waals surface area contributed by atoms with Crippen LogP contribution in [0.3, 0.4) is 0 Å². The van der Waals surface area contributed by atoms with E-state index in [0.29, 0.717) is 15.8 Å². The lowest BCUT2D eigenvalue weighted by Gasteiger charge is -2.35. The number of carbonyl (C=O) groups is 1. The van der Waals surface area contributed by atoms with Crippen LogP contribution in [-0.2, 0) is 9.53 Å². The molecule has 6 heteroatoms. The summed E-state index contributed by atoms with van der Waals surface area (Å²) in [5.41, 5.74) is 4.62. The second-order valence-electron chi connectivity index (χ2n) is 8.66. The highest BCUT2D eigenvalue weighted by Gasteiger charge is 2.38. The first-order chi connectivity index (χ1) is 15.9. The van der Waals surface area contributed by atoms with E-state index in [2.05, 4.69) is 23.1 Å². The first-order valence-electron chi connectivity index (χ1n) is 11.2. The lowest BCUT2D eigenvalue weighted by Crippen LogP contribution is -2.23. The highest BCUT2D eigenvalue weighted by Crippen LogP contribution is 2.54. The van der Waals surface area contributed by atoms with Gasteiger partial charge in [0.15, 0.2) is 0 Å². The molecule has 170 valence electrons. The third-order valence-electron chi connectivity index (χ3n) is 6.47. The van der Waals surface area contributed by atoms with Gasteiger partial charge in [0.1, 0.15) is 17.6 Å². The number of hydrogen-bond donors (Lipinski definition) is 0. The maximum atomic E-state index is 12.3. The zero-order valence-electron chi connectivity index (χ0n) is 18.6. The van der Waals surface area contributed by atoms with Crippen molar-refractivity contribution in [2.24, 2.45) is 0 Å². The predicted octanol–water partition coefficient (Wildman–Crippen LogP) is 7.44. The summed E-state index contributed by atoms with van der Waals surface area (Å²) in [5.74, 6) is 0.628. The van der Waals surface area contributed by atoms with Crippen LogP contribution in [0.2, 0.25) is 10.0 Å². The first-order valence-corrected chi connectivity index (χ1v) is 12.0. The van der Waals surface area contributed by atoms with Gasteiger partial charge in [-0.15, -0.1) is 0 Å². The van der Waals surface area contributed by atoms with E-state index in [-0.39, 0.29) is 11.9 Å². The molecule has 2 aliphatic heterocycles. The topological polar surface area (TPSA) is 38.8 Å². The molecule has 0 bridgehead atoms. The van der Waals surface area contributed by atoms with E-state index in [4.69, 9.17) is 32.7 Å². The zero-order valence-corrected chi connectivity index (χ0v) is 20.1. The summed E-state index contributed by atoms with van der Waals surface area (Å²) < 4.78 is 12.3. The highest BCUT2D eigenvalue weighted by molar-refractivity contribution is 6.32. The number of carbonyl (C=O) groups excluding carboxylic acids is 1. The van der Waals surface area contributed by atoms with Crippen molar-refractivity contribution < 1.29 is 14.3 Å². The molecule has 0 N–H and O–H groups in total. The monoisotopic (exact) mass is 481 g/mol. The van der Waals surface area contributed by atoms with Gasteiger partial charge in [0.2, 0.25) is 0 Å². The average molecular weight is 482 g/mol. The zero-order chi connectivity index (χ0) is 23.1. The molecule has 0 aliphatic carbocycles. The van der Waals surface area contributed by atoms with E-state index in [0.717, 1.165) is 46.8 Å². The van der Waals surface area contributed by atoms with Gasteiger partial charge >= 0.3 is 5.97 Å². The third kappa shape index (κ3) is 4.07. The molecule has 1 fully saturated rings. The van der Waals surface area contributed by atoms with Gasteiger partial charge in [-0.05, 0) is 37.5 Å². The number of esters is 1. The second kappa shape index (κ2) is 8.92. The quantitative estimate of drug-likeness (QED) is 0.362. The summed E-state index contributed by atoms with van der Waals surface area (Å²) >= 11 is 13.3. The molecule has 4 nitrogen and oxygen atoms in total. The van der Waals surface area contributed by atoms with Crippen LogP contribution in [0.1, 0.15) is 54.0 Å². The SMILES string of the molecule is CC(=O)OC(c1cccc(C)c1Cl)C1c2ccc(N3CCCC3)cc2Oc2c(Cl)cccc21. The van der Waals surface area contributed by atoms with Crippen LogP contribution in [0.5, 0.6) is 11.5 Å². The number of rotatable bonds is 4. The fourth-order valence-corrected chi connectivity index (χ4v) is 5.36. The van der Waals surface area contributed by atoms with Crippen LogP contribution in [0.15, 0.2) is 54.6 Å². The normalized spacial score (nSPS) is 17.7. The Bertz CT molecular complexity index is 1220. The van der Waals surface area contributed by atoms with Gasteiger partial charge in [-0.1, -0.05) is 59.6 Å². The van der Waals surface area contributed by atoms with E-state index in [1.54, 1.807) is 0 Å². The van der Waals surface area contributed by atoms with Gasteiger partial charge in [-0.2, -0.15) is 0 Å². The molecule has 33 heavy (non-hydrogen) atoms. The number of nitrogens with zero attached hydrogens (tertiary/aromatic N) is 1. The maximum absolute atomic E-state index is 12.3. The number of ether oxygens (including phenoxy) is 2. The molecule has 0 spiro atoms. The standard InChI is InChI=1S/C27H25Cl2NO3/c1-16-7-5-9-21(25(16)29)27(32-17(2)31)24-19-12-11-18(30-13-3-4-14-30)15-23(19)33-26-20(24)8-6-10-22(26)28/h5-12,15,24,27H,3-4,13-14H2,1-2H3. The Morgan fingerprint density at radius 3 is 2.58 bits per heavy atom. The number of fused-ring (bicyclic) bond motifs is 2. The van der Waals surface area contributed by atoms with Gasteiger partial charge in [-0.25, -0.2) is 0 Å². The summed E-state index contributed by atoms with van der Waals surface area (Å²) in [6, 6.07) is 17.8. The molecule has 2 unspecified atom stereocenters. The number of benzene rings is 3. The summed E-state index contributed by atoms with van der Waals surface area (Å²) in [6.45, 7) is 5.44. The van der Waals surface area contributed by atoms with Crippen molar-refractivity contribution in [2.75, 3.05) is 18.0 Å². The molecule has 0 saturated carbocycles. The van der Waals surface area contributed by atoms with Gasteiger partial charge in [-0.3, -0.25) is 4.79 Å². The second-order valence-corrected chi connectivity index (χ2v) is 9.45. The fourth-order valence-electron chi connectivity index (χ4n) is 4.90. The molecule has 2 atom stereocenters. The van der Waals surface area contributed by atoms with Gasteiger partial charge < -0.3 is 14.4 Å². The summed E-state index contributed by atoms with van der Waals surface area (Å²) in [6.07, 6.45) is 1.75. The third-order valence-corrected chi connectivity index (χ3v) is 7.29. The fraction of sp³-hybridized carbons (Fsp3) is 0.296. The Morgan fingerprint density at radius 1 is 1.06 bits per heavy atom. The Hall–Kier alpha value is -2.69. The van der Waals surface area contributed by atoms with Crippen LogP contribution < -0.4 is 9.64 Å². The number of aryl methyl sites for hydroxylation is 1. The predicted molar refractivity (Wildman–Crippen MR) is 132 cm³/mol. The van der Waals surface area contributed by atoms with E-state index >= 15 is 0 Å². The van der Waals surface area contributed by atoms with Gasteiger partial charge in [0.05, 0.1) is 16.0 Å². The van der Waals surface area contributed by atoms with Crippen LogP contribution in [0.25, 0.3) is 0 Å². The molecule has 0 amide bonds. The largest absolute Gasteiger partial charge is 0.457 e. The average Bonchev–Trinajstić information content (AvgIpc) is 3.33. The highest BCUT2D eigenvalue weighted by atomic mass is 35.5. The first kappa shape index (κ1) is 22.1. The Morgan fingerprint density at radius 2 is 1.82 bits per heavy atom. The number of hydrogen-bond acceptors (Lipinski definition) is 4. The number of para-hydroxylation sites is 1. The summed E-state index contributed by atoms with van der Waals surface area (Å²) in [7, 11) is 0. The minimum atomic E-state index is -0.632. The van der Waals surface area contributed by atoms with Gasteiger partial charge in [0.25, 0.3) is 0 Å². The molecule has 1 saturated heterocycles. The summed E-state index contributed by atoms with van der Waals surface area (Å²) in [4.78, 5) is 14.6. The van der Waals surface area contributed by atoms with Crippen molar-refractivity contribution in [1.82, 2.24) is 0 Å². The molecular formula is C27H25Cl2NO3. The molecule has 3 aromatic carbocycles. The number of anilines is 1. The minimum Gasteiger partial charge on any atom is -0.457 e. The molecule has 0 aromatic heterocycles. The minimum absolute atomic E-state index is 0.321. The van der Waals surface area contributed by atoms with Crippen molar-refractivity contribution in [1.29, 1.82) is 0 Å². The molecular weight excluding hydrogens is 457 g/mol. The lowest BCUT2D eigenvalue weighted by atomic mass is 9.80. The van der Waals surface area contributed by atoms with Crippen molar-refractivity contribution in [2.45, 2.75) is 38.7 Å². The van der Waals surface area contributed by atoms with Crippen LogP contribution in [-0.4, -0.2) is 19.1 Å². The van der Waals surface area contributed by atoms with E-state index < -0.39 is 6.10 Å². The smallest absolute Gasteiger partial charge is 0.303 e. The van der Waals surface area contributed by atoms with E-state index in [1.165, 1.54) is 19.8 Å². The van der Waals surface area contributed by atoms with Crippen LogP contribution in [0.4, 0.5) is 5.69 Å². The molecule has 0 radical (unpaired) electrons. The van der Waals surface area contributed by atoms with Gasteiger partial charge in [0, 0.05) is 48.5 Å². The molecule has 3 aromatic rings. The van der Waals surface area contributed by atoms with E-state index in [9.17, 15) is 4.79 Å².